The van der Waals surface area contributed by atoms with Crippen molar-refractivity contribution in [2.45, 2.75) is 39.2 Å². The Morgan fingerprint density at radius 3 is 2.86 bits per heavy atom. The quantitative estimate of drug-likeness (QED) is 0.182. The van der Waals surface area contributed by atoms with Gasteiger partial charge in [-0.2, -0.15) is 0 Å². The molecule has 0 aliphatic carbocycles. The Balaban J connectivity index is 2.01. The number of aromatic amines is 1. The number of H-pyrrole nitrogens is 1. The number of rotatable bonds is 6. The summed E-state index contributed by atoms with van der Waals surface area (Å²) in [5.41, 5.74) is 3.81. The number of allylic oxidation sites excluding steroid dienone is 2. The fraction of sp³-hybridized carbons (Fsp3) is 0.381. The number of carbonyl (C=O) groups is 1. The number of fused-ring (bicyclic) bond motifs is 1. The van der Waals surface area contributed by atoms with Crippen molar-refractivity contribution < 1.29 is 26.3 Å². The standard InChI is InChI=1S/C21H27IN5O2/c1-6-9-16(15(4)24-22-5)21(29)26-11-8-7-10-18(26)17-12-19-23-14(3)13(2)20(28)27(19)25-17/h6,9,12,18,24-25H,1,4,7-8,10-11H2,2-3,5H3/q-1/b16-9+/t18-/m0/s1. The van der Waals surface area contributed by atoms with Crippen molar-refractivity contribution in [1.82, 2.24) is 23.0 Å². The minimum atomic E-state index is -0.250. The Kier molecular flexibility index (Phi) is 6.61. The molecule has 1 fully saturated rings. The first-order valence-corrected chi connectivity index (χ1v) is 12.8. The fourth-order valence-electron chi connectivity index (χ4n) is 3.64. The van der Waals surface area contributed by atoms with Gasteiger partial charge >= 0.3 is 181 Å². The van der Waals surface area contributed by atoms with Crippen LogP contribution in [0.25, 0.3) is 5.65 Å². The summed E-state index contributed by atoms with van der Waals surface area (Å²) in [7, 11) is 0. The predicted octanol–water partition coefficient (Wildman–Crippen LogP) is -0.457. The van der Waals surface area contributed by atoms with E-state index in [2.05, 4.69) is 31.7 Å². The van der Waals surface area contributed by atoms with Crippen molar-refractivity contribution in [3.05, 3.63) is 70.0 Å². The molecule has 0 saturated carbocycles. The van der Waals surface area contributed by atoms with Gasteiger partial charge in [-0.15, -0.1) is 0 Å². The monoisotopic (exact) mass is 508 g/mol. The van der Waals surface area contributed by atoms with Gasteiger partial charge in [0.05, 0.1) is 0 Å². The summed E-state index contributed by atoms with van der Waals surface area (Å²) >= 11 is -0.250. The minimum absolute atomic E-state index is 0.0733. The third kappa shape index (κ3) is 4.17. The molecule has 7 nitrogen and oxygen atoms in total. The molecule has 1 aliphatic heterocycles. The molecule has 1 amide bonds. The molecule has 2 N–H and O–H groups in total. The van der Waals surface area contributed by atoms with Crippen LogP contribution in [0.4, 0.5) is 0 Å². The molecule has 3 rings (SSSR count). The third-order valence-electron chi connectivity index (χ3n) is 5.27. The van der Waals surface area contributed by atoms with E-state index < -0.39 is 0 Å². The van der Waals surface area contributed by atoms with E-state index in [0.29, 0.717) is 29.0 Å². The molecule has 3 heterocycles. The van der Waals surface area contributed by atoms with Crippen molar-refractivity contribution in [1.29, 1.82) is 0 Å². The van der Waals surface area contributed by atoms with Crippen molar-refractivity contribution in [3.8, 4) is 0 Å². The zero-order valence-electron chi connectivity index (χ0n) is 17.1. The number of aromatic nitrogens is 3. The van der Waals surface area contributed by atoms with E-state index >= 15 is 0 Å². The molecule has 156 valence electrons. The molecule has 2 aromatic rings. The van der Waals surface area contributed by atoms with E-state index in [1.54, 1.807) is 19.1 Å². The number of aryl methyl sites for hydroxylation is 1. The van der Waals surface area contributed by atoms with Crippen LogP contribution < -0.4 is 30.6 Å². The van der Waals surface area contributed by atoms with Crippen LogP contribution in [-0.4, -0.2) is 36.9 Å². The summed E-state index contributed by atoms with van der Waals surface area (Å²) < 4.78 is 4.70. The molecule has 1 aliphatic rings. The molecule has 2 aromatic heterocycles. The van der Waals surface area contributed by atoms with Gasteiger partial charge < -0.3 is 0 Å². The summed E-state index contributed by atoms with van der Waals surface area (Å²) in [5, 5.41) is 3.19. The van der Waals surface area contributed by atoms with Gasteiger partial charge in [0, 0.05) is 0 Å². The number of alkyl halides is 1. The summed E-state index contributed by atoms with van der Waals surface area (Å²) in [6.07, 6.45) is 6.12. The topological polar surface area (TPSA) is 82.5 Å². The van der Waals surface area contributed by atoms with E-state index in [4.69, 9.17) is 0 Å². The molecule has 29 heavy (non-hydrogen) atoms. The van der Waals surface area contributed by atoms with Crippen LogP contribution in [0.2, 0.25) is 0 Å². The number of hydrogen-bond donors (Lipinski definition) is 2. The van der Waals surface area contributed by atoms with E-state index in [9.17, 15) is 9.59 Å². The normalized spacial score (nSPS) is 17.6. The maximum absolute atomic E-state index is 13.4. The summed E-state index contributed by atoms with van der Waals surface area (Å²) in [6, 6.07) is 1.74. The number of halogens is 1. The average Bonchev–Trinajstić information content (AvgIpc) is 3.14. The summed E-state index contributed by atoms with van der Waals surface area (Å²) in [4.78, 5) is 34.5. The van der Waals surface area contributed by atoms with Crippen LogP contribution in [0.15, 0.2) is 47.4 Å². The van der Waals surface area contributed by atoms with E-state index in [-0.39, 0.29) is 39.0 Å². The van der Waals surface area contributed by atoms with Gasteiger partial charge in [0.25, 0.3) is 0 Å². The fourth-order valence-corrected chi connectivity index (χ4v) is 4.59. The molecular weight excluding hydrogens is 481 g/mol. The van der Waals surface area contributed by atoms with Gasteiger partial charge in [0.2, 0.25) is 0 Å². The van der Waals surface area contributed by atoms with Gasteiger partial charge in [-0.05, 0) is 0 Å². The summed E-state index contributed by atoms with van der Waals surface area (Å²) in [6.45, 7) is 12.0. The van der Waals surface area contributed by atoms with Crippen molar-refractivity contribution >= 4 is 11.6 Å². The zero-order chi connectivity index (χ0) is 21.1. The van der Waals surface area contributed by atoms with E-state index in [1.807, 2.05) is 17.9 Å². The number of nitrogens with zero attached hydrogens (tertiary/aromatic N) is 3. The van der Waals surface area contributed by atoms with Crippen molar-refractivity contribution in [3.63, 3.8) is 0 Å². The van der Waals surface area contributed by atoms with Gasteiger partial charge in [0.15, 0.2) is 0 Å². The molecule has 1 atom stereocenters. The van der Waals surface area contributed by atoms with Crippen molar-refractivity contribution in [2.24, 2.45) is 0 Å². The Morgan fingerprint density at radius 2 is 2.17 bits per heavy atom. The summed E-state index contributed by atoms with van der Waals surface area (Å²) in [5.74, 6) is -0.0733. The number of hydrogen-bond acceptors (Lipinski definition) is 4. The van der Waals surface area contributed by atoms with Crippen molar-refractivity contribution in [2.75, 3.05) is 11.5 Å². The molecule has 0 unspecified atom stereocenters. The number of carbonyl (C=O) groups excluding carboxylic acids is 1. The van der Waals surface area contributed by atoms with Crippen LogP contribution in [-0.2, 0) is 4.79 Å². The first-order valence-electron chi connectivity index (χ1n) is 9.55. The van der Waals surface area contributed by atoms with E-state index in [0.717, 1.165) is 30.7 Å². The second kappa shape index (κ2) is 8.98. The Hall–Kier alpha value is -2.36. The molecule has 0 aromatic carbocycles. The van der Waals surface area contributed by atoms with Crippen LogP contribution in [0.1, 0.15) is 42.3 Å². The maximum atomic E-state index is 13.4. The molecule has 1 saturated heterocycles. The molecular formula is C21H27IN5O2-. The van der Waals surface area contributed by atoms with Gasteiger partial charge in [-0.25, -0.2) is 0 Å². The third-order valence-corrected chi connectivity index (χ3v) is 6.47. The number of nitrogens with one attached hydrogen (secondary N) is 2. The number of likely N-dealkylation sites (tertiary alicyclic amines) is 1. The SMILES string of the molecule is C=C/C=C(\C(=C)N[I-]C)C(=O)N1CCCC[C@H]1c1cc2nc(C)c(C)c(=O)n2[nH]1. The Bertz CT molecular complexity index is 1050. The first kappa shape index (κ1) is 21.4. The van der Waals surface area contributed by atoms with Gasteiger partial charge in [0.1, 0.15) is 0 Å². The first-order chi connectivity index (χ1) is 13.9. The Morgan fingerprint density at radius 1 is 1.41 bits per heavy atom. The number of piperidine rings is 1. The molecule has 0 radical (unpaired) electrons. The van der Waals surface area contributed by atoms with Crippen LogP contribution in [0.3, 0.4) is 0 Å². The predicted molar refractivity (Wildman–Crippen MR) is 110 cm³/mol. The zero-order valence-corrected chi connectivity index (χ0v) is 19.2. The van der Waals surface area contributed by atoms with Crippen LogP contribution in [0.5, 0.6) is 0 Å². The average molecular weight is 508 g/mol. The van der Waals surface area contributed by atoms with Gasteiger partial charge in [-0.1, -0.05) is 0 Å². The second-order valence-corrected chi connectivity index (χ2v) is 8.74. The van der Waals surface area contributed by atoms with Gasteiger partial charge in [-0.3, -0.25) is 0 Å². The molecule has 8 heteroatoms. The van der Waals surface area contributed by atoms with Crippen LogP contribution >= 0.6 is 0 Å². The molecule has 0 bridgehead atoms. The number of amides is 1. The van der Waals surface area contributed by atoms with E-state index in [1.165, 1.54) is 4.52 Å². The Labute approximate surface area is 181 Å². The van der Waals surface area contributed by atoms with Crippen LogP contribution in [0, 0.1) is 13.8 Å². The molecule has 0 spiro atoms. The second-order valence-electron chi connectivity index (χ2n) is 7.12.